The zero-order valence-corrected chi connectivity index (χ0v) is 11.9. The minimum absolute atomic E-state index is 0. The maximum absolute atomic E-state index is 11.5. The molecule has 0 aliphatic carbocycles. The molecule has 3 rings (SSSR count). The highest BCUT2D eigenvalue weighted by Gasteiger charge is 2.08. The molecule has 0 spiro atoms. The van der Waals surface area contributed by atoms with Gasteiger partial charge in [-0.2, -0.15) is 5.26 Å². The van der Waals surface area contributed by atoms with Gasteiger partial charge < -0.3 is 14.9 Å². The fourth-order valence-electron chi connectivity index (χ4n) is 2.09. The minimum Gasteiger partial charge on any atom is -0.412 e. The molecule has 0 amide bonds. The van der Waals surface area contributed by atoms with Crippen LogP contribution in [-0.2, 0) is 0 Å². The van der Waals surface area contributed by atoms with Gasteiger partial charge in [0.25, 0.3) is 5.56 Å². The first-order chi connectivity index (χ1) is 9.19. The lowest BCUT2D eigenvalue weighted by atomic mass is 10.0. The zero-order valence-electron chi connectivity index (χ0n) is 11.1. The van der Waals surface area contributed by atoms with Crippen LogP contribution in [0, 0.1) is 18.3 Å². The topological polar surface area (TPSA) is 105 Å². The standard InChI is InChI=1S/C14H10N4O.ClH.H2O/c1-9-12(6-11(7-15)14(19)17-9)10-2-3-13-16-4-5-18(13)8-10;;/h2-6,8H,1H3,(H,17,19);1H;1H2. The van der Waals surface area contributed by atoms with Gasteiger partial charge in [-0.3, -0.25) is 4.79 Å². The molecule has 108 valence electrons. The van der Waals surface area contributed by atoms with Crippen molar-refractivity contribution in [3.05, 3.63) is 58.4 Å². The molecule has 3 heterocycles. The predicted molar refractivity (Wildman–Crippen MR) is 81.6 cm³/mol. The van der Waals surface area contributed by atoms with E-state index in [0.29, 0.717) is 0 Å². The number of nitrogens with zero attached hydrogens (tertiary/aromatic N) is 3. The molecule has 3 aromatic heterocycles. The molecule has 21 heavy (non-hydrogen) atoms. The summed E-state index contributed by atoms with van der Waals surface area (Å²) in [6.45, 7) is 1.82. The first-order valence-corrected chi connectivity index (χ1v) is 5.76. The van der Waals surface area contributed by atoms with Crippen molar-refractivity contribution in [1.82, 2.24) is 14.4 Å². The third kappa shape index (κ3) is 2.79. The fraction of sp³-hybridized carbons (Fsp3) is 0.0714. The second-order valence-electron chi connectivity index (χ2n) is 4.27. The highest BCUT2D eigenvalue weighted by atomic mass is 35.5. The van der Waals surface area contributed by atoms with Gasteiger partial charge in [0.2, 0.25) is 0 Å². The summed E-state index contributed by atoms with van der Waals surface area (Å²) in [5.74, 6) is 0. The van der Waals surface area contributed by atoms with E-state index in [1.807, 2.05) is 41.9 Å². The van der Waals surface area contributed by atoms with E-state index >= 15 is 0 Å². The third-order valence-corrected chi connectivity index (χ3v) is 3.06. The third-order valence-electron chi connectivity index (χ3n) is 3.06. The number of rotatable bonds is 1. The van der Waals surface area contributed by atoms with E-state index in [1.54, 1.807) is 12.3 Å². The van der Waals surface area contributed by atoms with Crippen molar-refractivity contribution in [2.75, 3.05) is 0 Å². The predicted octanol–water partition coefficient (Wildman–Crippen LogP) is 1.47. The Morgan fingerprint density at radius 2 is 2.14 bits per heavy atom. The Morgan fingerprint density at radius 1 is 1.38 bits per heavy atom. The van der Waals surface area contributed by atoms with E-state index in [4.69, 9.17) is 5.26 Å². The summed E-state index contributed by atoms with van der Waals surface area (Å²) in [5.41, 5.74) is 3.12. The van der Waals surface area contributed by atoms with Crippen LogP contribution in [0.15, 0.2) is 41.6 Å². The van der Waals surface area contributed by atoms with Crippen molar-refractivity contribution < 1.29 is 5.48 Å². The largest absolute Gasteiger partial charge is 0.412 e. The number of aromatic amines is 1. The van der Waals surface area contributed by atoms with Gasteiger partial charge in [-0.1, -0.05) is 0 Å². The van der Waals surface area contributed by atoms with Crippen LogP contribution in [0.25, 0.3) is 16.8 Å². The molecule has 0 saturated heterocycles. The van der Waals surface area contributed by atoms with E-state index < -0.39 is 0 Å². The summed E-state index contributed by atoms with van der Waals surface area (Å²) in [6, 6.07) is 7.33. The Labute approximate surface area is 126 Å². The fourth-order valence-corrected chi connectivity index (χ4v) is 2.09. The number of nitrogens with one attached hydrogen (secondary N) is 1. The second-order valence-corrected chi connectivity index (χ2v) is 4.27. The maximum Gasteiger partial charge on any atom is 0.266 e. The minimum atomic E-state index is -0.354. The lowest BCUT2D eigenvalue weighted by molar-refractivity contribution is 0.824. The Kier molecular flexibility index (Phi) is 4.87. The number of aromatic nitrogens is 3. The van der Waals surface area contributed by atoms with Crippen LogP contribution in [0.4, 0.5) is 0 Å². The first-order valence-electron chi connectivity index (χ1n) is 5.76. The number of hydrogen-bond donors (Lipinski definition) is 1. The molecule has 6 nitrogen and oxygen atoms in total. The zero-order chi connectivity index (χ0) is 13.4. The molecular formula is C14H13ClN4O2. The van der Waals surface area contributed by atoms with Crippen LogP contribution >= 0.6 is 12.4 Å². The van der Waals surface area contributed by atoms with E-state index in [-0.39, 0.29) is 29.0 Å². The Bertz CT molecular complexity index is 877. The first kappa shape index (κ1) is 16.4. The number of H-pyrrole nitrogens is 1. The maximum atomic E-state index is 11.5. The Hall–Kier alpha value is -2.62. The monoisotopic (exact) mass is 304 g/mol. The average Bonchev–Trinajstić information content (AvgIpc) is 2.86. The molecule has 0 bridgehead atoms. The van der Waals surface area contributed by atoms with Crippen molar-refractivity contribution in [2.45, 2.75) is 6.92 Å². The molecule has 0 fully saturated rings. The molecule has 0 aliphatic heterocycles. The van der Waals surface area contributed by atoms with Crippen molar-refractivity contribution in [1.29, 1.82) is 5.26 Å². The van der Waals surface area contributed by atoms with E-state index in [1.165, 1.54) is 0 Å². The van der Waals surface area contributed by atoms with Gasteiger partial charge in [0.1, 0.15) is 17.3 Å². The number of pyridine rings is 2. The molecule has 0 radical (unpaired) electrons. The van der Waals surface area contributed by atoms with E-state index in [0.717, 1.165) is 22.5 Å². The number of halogens is 1. The lowest BCUT2D eigenvalue weighted by Crippen LogP contribution is -2.12. The van der Waals surface area contributed by atoms with Gasteiger partial charge in [-0.25, -0.2) is 4.98 Å². The quantitative estimate of drug-likeness (QED) is 0.735. The summed E-state index contributed by atoms with van der Waals surface area (Å²) < 4.78 is 1.89. The van der Waals surface area contributed by atoms with Gasteiger partial charge in [0.05, 0.1) is 0 Å². The SMILES string of the molecule is Cc1[nH]c(=O)c(C#N)cc1-c1ccc2nccn2c1.Cl.O. The molecule has 3 aromatic rings. The smallest absolute Gasteiger partial charge is 0.266 e. The molecule has 0 atom stereocenters. The average molecular weight is 305 g/mol. The van der Waals surface area contributed by atoms with Crippen LogP contribution in [0.5, 0.6) is 0 Å². The van der Waals surface area contributed by atoms with Crippen LogP contribution in [0.1, 0.15) is 11.3 Å². The molecule has 3 N–H and O–H groups in total. The Balaban J connectivity index is 0.00000110. The summed E-state index contributed by atoms with van der Waals surface area (Å²) in [7, 11) is 0. The van der Waals surface area contributed by atoms with Gasteiger partial charge in [-0.05, 0) is 25.1 Å². The number of imidazole rings is 1. The van der Waals surface area contributed by atoms with Crippen molar-refractivity contribution in [3.63, 3.8) is 0 Å². The molecule has 0 aromatic carbocycles. The van der Waals surface area contributed by atoms with Crippen molar-refractivity contribution >= 4 is 18.1 Å². The van der Waals surface area contributed by atoms with Gasteiger partial charge in [0.15, 0.2) is 0 Å². The summed E-state index contributed by atoms with van der Waals surface area (Å²) in [5, 5.41) is 8.93. The highest BCUT2D eigenvalue weighted by molar-refractivity contribution is 5.85. The molecule has 0 unspecified atom stereocenters. The second kappa shape index (κ2) is 6.22. The summed E-state index contributed by atoms with van der Waals surface area (Å²) in [4.78, 5) is 18.4. The van der Waals surface area contributed by atoms with Crippen LogP contribution < -0.4 is 5.56 Å². The normalized spacial score (nSPS) is 9.52. The molecule has 0 aliphatic rings. The van der Waals surface area contributed by atoms with E-state index in [2.05, 4.69) is 9.97 Å². The Morgan fingerprint density at radius 3 is 2.86 bits per heavy atom. The highest BCUT2D eigenvalue weighted by Crippen LogP contribution is 2.22. The summed E-state index contributed by atoms with van der Waals surface area (Å²) in [6.07, 6.45) is 5.49. The number of aryl methyl sites for hydroxylation is 1. The molecule has 7 heteroatoms. The van der Waals surface area contributed by atoms with Crippen LogP contribution in [-0.4, -0.2) is 19.8 Å². The van der Waals surface area contributed by atoms with Crippen molar-refractivity contribution in [3.8, 4) is 17.2 Å². The van der Waals surface area contributed by atoms with Gasteiger partial charge in [0, 0.05) is 35.4 Å². The molecular weight excluding hydrogens is 292 g/mol. The van der Waals surface area contributed by atoms with Crippen LogP contribution in [0.2, 0.25) is 0 Å². The van der Waals surface area contributed by atoms with Gasteiger partial charge >= 0.3 is 0 Å². The number of fused-ring (bicyclic) bond motifs is 1. The number of hydrogen-bond acceptors (Lipinski definition) is 3. The lowest BCUT2D eigenvalue weighted by Gasteiger charge is -2.07. The van der Waals surface area contributed by atoms with Crippen molar-refractivity contribution in [2.24, 2.45) is 0 Å². The molecule has 0 saturated carbocycles. The van der Waals surface area contributed by atoms with Crippen LogP contribution in [0.3, 0.4) is 0 Å². The van der Waals surface area contributed by atoms with Gasteiger partial charge in [-0.15, -0.1) is 12.4 Å². The summed E-state index contributed by atoms with van der Waals surface area (Å²) >= 11 is 0. The van der Waals surface area contributed by atoms with E-state index in [9.17, 15) is 4.79 Å². The number of nitriles is 1.